The Morgan fingerprint density at radius 3 is 2.92 bits per heavy atom. The van der Waals surface area contributed by atoms with E-state index in [9.17, 15) is 4.79 Å². The molecule has 0 radical (unpaired) electrons. The first kappa shape index (κ1) is 14.9. The van der Waals surface area contributed by atoms with E-state index in [4.69, 9.17) is 9.47 Å². The summed E-state index contributed by atoms with van der Waals surface area (Å²) in [4.78, 5) is 12.3. The molecule has 0 bridgehead atoms. The second-order valence-corrected chi connectivity index (χ2v) is 6.08. The van der Waals surface area contributed by atoms with Gasteiger partial charge in [0.25, 0.3) is 5.91 Å². The maximum Gasteiger partial charge on any atom is 0.251 e. The molecule has 0 saturated heterocycles. The maximum absolute atomic E-state index is 12.3. The van der Waals surface area contributed by atoms with Gasteiger partial charge in [0.1, 0.15) is 0 Å². The van der Waals surface area contributed by atoms with Crippen molar-refractivity contribution in [2.75, 3.05) is 6.79 Å². The van der Waals surface area contributed by atoms with Crippen LogP contribution in [-0.2, 0) is 6.54 Å². The molecule has 126 valence electrons. The Hall–Kier alpha value is -2.64. The van der Waals surface area contributed by atoms with Crippen LogP contribution in [0.2, 0.25) is 0 Å². The van der Waals surface area contributed by atoms with Crippen molar-refractivity contribution in [1.82, 2.24) is 25.5 Å². The highest BCUT2D eigenvalue weighted by atomic mass is 16.7. The average Bonchev–Trinajstić information content (AvgIpc) is 3.28. The van der Waals surface area contributed by atoms with Gasteiger partial charge in [0.15, 0.2) is 17.3 Å². The number of tetrazole rings is 1. The van der Waals surface area contributed by atoms with Crippen molar-refractivity contribution < 1.29 is 14.3 Å². The minimum Gasteiger partial charge on any atom is -0.454 e. The standard InChI is InChI=1S/C16H19N5O3/c22-16(11-6-7-13-14(8-11)24-10-23-13)17-9-15-18-19-20-21(15)12-4-2-1-3-5-12/h6-8,12H,1-5,9-10H2,(H,17,22). The number of hydrogen-bond acceptors (Lipinski definition) is 6. The van der Waals surface area contributed by atoms with Crippen LogP contribution in [0.15, 0.2) is 18.2 Å². The topological polar surface area (TPSA) is 91.2 Å². The third kappa shape index (κ3) is 2.91. The summed E-state index contributed by atoms with van der Waals surface area (Å²) in [5.74, 6) is 1.75. The summed E-state index contributed by atoms with van der Waals surface area (Å²) in [6.07, 6.45) is 5.86. The zero-order valence-corrected chi connectivity index (χ0v) is 13.3. The quantitative estimate of drug-likeness (QED) is 0.920. The largest absolute Gasteiger partial charge is 0.454 e. The lowest BCUT2D eigenvalue weighted by atomic mass is 9.95. The maximum atomic E-state index is 12.3. The molecule has 1 aromatic carbocycles. The van der Waals surface area contributed by atoms with Crippen LogP contribution in [-0.4, -0.2) is 32.9 Å². The Morgan fingerprint density at radius 2 is 2.04 bits per heavy atom. The Bertz CT molecular complexity index is 739. The fourth-order valence-electron chi connectivity index (χ4n) is 3.24. The SMILES string of the molecule is O=C(NCc1nnnn1C1CCCCC1)c1ccc2c(c1)OCO2. The van der Waals surface area contributed by atoms with Crippen molar-refractivity contribution in [3.63, 3.8) is 0 Å². The van der Waals surface area contributed by atoms with E-state index in [1.807, 2.05) is 4.68 Å². The number of nitrogens with one attached hydrogen (secondary N) is 1. The molecule has 8 nitrogen and oxygen atoms in total. The molecule has 1 N–H and O–H groups in total. The van der Waals surface area contributed by atoms with Crippen LogP contribution in [0.3, 0.4) is 0 Å². The van der Waals surface area contributed by atoms with Crippen LogP contribution in [0.1, 0.15) is 54.3 Å². The van der Waals surface area contributed by atoms with Crippen molar-refractivity contribution in [2.24, 2.45) is 0 Å². The first-order valence-electron chi connectivity index (χ1n) is 8.26. The number of benzene rings is 1. The van der Waals surface area contributed by atoms with Crippen LogP contribution in [0.4, 0.5) is 0 Å². The molecule has 2 aromatic rings. The van der Waals surface area contributed by atoms with E-state index in [0.717, 1.165) is 12.8 Å². The van der Waals surface area contributed by atoms with Crippen molar-refractivity contribution in [1.29, 1.82) is 0 Å². The molecule has 24 heavy (non-hydrogen) atoms. The summed E-state index contributed by atoms with van der Waals surface area (Å²) >= 11 is 0. The van der Waals surface area contributed by atoms with Gasteiger partial charge in [-0.05, 0) is 41.5 Å². The molecular formula is C16H19N5O3. The molecule has 2 aliphatic rings. The predicted octanol–water partition coefficient (Wildman–Crippen LogP) is 1.84. The van der Waals surface area contributed by atoms with Gasteiger partial charge in [-0.1, -0.05) is 19.3 Å². The number of rotatable bonds is 4. The summed E-state index contributed by atoms with van der Waals surface area (Å²) in [7, 11) is 0. The number of hydrogen-bond donors (Lipinski definition) is 1. The highest BCUT2D eigenvalue weighted by molar-refractivity contribution is 5.94. The minimum atomic E-state index is -0.188. The third-order valence-electron chi connectivity index (χ3n) is 4.52. The van der Waals surface area contributed by atoms with E-state index in [1.54, 1.807) is 18.2 Å². The Kier molecular flexibility index (Phi) is 4.02. The molecule has 0 unspecified atom stereocenters. The normalized spacial score (nSPS) is 17.0. The summed E-state index contributed by atoms with van der Waals surface area (Å²) < 4.78 is 12.4. The van der Waals surface area contributed by atoms with Crippen molar-refractivity contribution >= 4 is 5.91 Å². The monoisotopic (exact) mass is 329 g/mol. The second kappa shape index (κ2) is 6.46. The van der Waals surface area contributed by atoms with Crippen LogP contribution < -0.4 is 14.8 Å². The van der Waals surface area contributed by atoms with Gasteiger partial charge in [-0.25, -0.2) is 4.68 Å². The van der Waals surface area contributed by atoms with Crippen molar-refractivity contribution in [2.45, 2.75) is 44.7 Å². The van der Waals surface area contributed by atoms with Gasteiger partial charge in [-0.3, -0.25) is 4.79 Å². The second-order valence-electron chi connectivity index (χ2n) is 6.08. The average molecular weight is 329 g/mol. The first-order valence-corrected chi connectivity index (χ1v) is 8.26. The summed E-state index contributed by atoms with van der Waals surface area (Å²) in [6, 6.07) is 5.48. The number of ether oxygens (including phenoxy) is 2. The molecule has 8 heteroatoms. The molecule has 1 aromatic heterocycles. The number of aromatic nitrogens is 4. The summed E-state index contributed by atoms with van der Waals surface area (Å²) in [5, 5.41) is 14.8. The fourth-order valence-corrected chi connectivity index (χ4v) is 3.24. The molecule has 2 heterocycles. The van der Waals surface area contributed by atoms with Crippen LogP contribution in [0, 0.1) is 0 Å². The van der Waals surface area contributed by atoms with Crippen molar-refractivity contribution in [3.8, 4) is 11.5 Å². The molecule has 1 fully saturated rings. The minimum absolute atomic E-state index is 0.188. The van der Waals surface area contributed by atoms with Crippen LogP contribution >= 0.6 is 0 Å². The van der Waals surface area contributed by atoms with Gasteiger partial charge < -0.3 is 14.8 Å². The van der Waals surface area contributed by atoms with Crippen LogP contribution in [0.25, 0.3) is 0 Å². The van der Waals surface area contributed by atoms with E-state index in [-0.39, 0.29) is 12.7 Å². The van der Waals surface area contributed by atoms with Gasteiger partial charge in [-0.15, -0.1) is 5.10 Å². The smallest absolute Gasteiger partial charge is 0.251 e. The highest BCUT2D eigenvalue weighted by Gasteiger charge is 2.21. The summed E-state index contributed by atoms with van der Waals surface area (Å²) in [5.41, 5.74) is 0.524. The lowest BCUT2D eigenvalue weighted by molar-refractivity contribution is 0.0948. The summed E-state index contributed by atoms with van der Waals surface area (Å²) in [6.45, 7) is 0.493. The zero-order valence-electron chi connectivity index (χ0n) is 13.3. The van der Waals surface area contributed by atoms with Gasteiger partial charge in [-0.2, -0.15) is 0 Å². The van der Waals surface area contributed by atoms with Crippen LogP contribution in [0.5, 0.6) is 11.5 Å². The molecule has 0 atom stereocenters. The molecule has 1 amide bonds. The van der Waals surface area contributed by atoms with E-state index in [1.165, 1.54) is 19.3 Å². The van der Waals surface area contributed by atoms with Gasteiger partial charge in [0, 0.05) is 5.56 Å². The highest BCUT2D eigenvalue weighted by Crippen LogP contribution is 2.32. The number of carbonyl (C=O) groups is 1. The van der Waals surface area contributed by atoms with E-state index >= 15 is 0 Å². The fraction of sp³-hybridized carbons (Fsp3) is 0.500. The molecule has 4 rings (SSSR count). The molecular weight excluding hydrogens is 310 g/mol. The Morgan fingerprint density at radius 1 is 1.21 bits per heavy atom. The van der Waals surface area contributed by atoms with E-state index in [2.05, 4.69) is 20.8 Å². The predicted molar refractivity (Wildman–Crippen MR) is 83.7 cm³/mol. The molecule has 1 saturated carbocycles. The Balaban J connectivity index is 1.42. The van der Waals surface area contributed by atoms with Gasteiger partial charge >= 0.3 is 0 Å². The molecule has 0 spiro atoms. The number of fused-ring (bicyclic) bond motifs is 1. The number of amides is 1. The lowest BCUT2D eigenvalue weighted by Gasteiger charge is -2.22. The van der Waals surface area contributed by atoms with E-state index in [0.29, 0.717) is 35.5 Å². The van der Waals surface area contributed by atoms with E-state index < -0.39 is 0 Å². The Labute approximate surface area is 139 Å². The third-order valence-corrected chi connectivity index (χ3v) is 4.52. The first-order chi connectivity index (χ1) is 11.8. The zero-order chi connectivity index (χ0) is 16.4. The number of carbonyl (C=O) groups excluding carboxylic acids is 1. The molecule has 1 aliphatic heterocycles. The lowest BCUT2D eigenvalue weighted by Crippen LogP contribution is -2.26. The van der Waals surface area contributed by atoms with Crippen molar-refractivity contribution in [3.05, 3.63) is 29.6 Å². The number of nitrogens with zero attached hydrogens (tertiary/aromatic N) is 4. The van der Waals surface area contributed by atoms with Gasteiger partial charge in [0.2, 0.25) is 6.79 Å². The molecule has 1 aliphatic carbocycles. The van der Waals surface area contributed by atoms with Gasteiger partial charge in [0.05, 0.1) is 12.6 Å².